The van der Waals surface area contributed by atoms with E-state index in [4.69, 9.17) is 16.0 Å². The molecule has 3 aromatic rings. The van der Waals surface area contributed by atoms with Crippen molar-refractivity contribution in [1.82, 2.24) is 4.98 Å². The Morgan fingerprint density at radius 1 is 1.32 bits per heavy atom. The van der Waals surface area contributed by atoms with Crippen LogP contribution in [0.5, 0.6) is 5.75 Å². The summed E-state index contributed by atoms with van der Waals surface area (Å²) in [7, 11) is 0. The van der Waals surface area contributed by atoms with Gasteiger partial charge >= 0.3 is 5.63 Å². The number of nitrogens with zero attached hydrogens (tertiary/aromatic N) is 1. The van der Waals surface area contributed by atoms with Crippen LogP contribution in [0.1, 0.15) is 11.1 Å². The number of benzene rings is 1. The molecule has 6 heteroatoms. The molecule has 0 aliphatic heterocycles. The third kappa shape index (κ3) is 2.96. The molecule has 0 radical (unpaired) electrons. The van der Waals surface area contributed by atoms with Crippen molar-refractivity contribution in [2.45, 2.75) is 17.7 Å². The number of hydrogen-bond acceptors (Lipinski definition) is 5. The fraction of sp³-hybridized carbons (Fsp3) is 0.125. The molecule has 0 fully saturated rings. The van der Waals surface area contributed by atoms with E-state index in [2.05, 4.69) is 4.98 Å². The van der Waals surface area contributed by atoms with Gasteiger partial charge in [0.25, 0.3) is 0 Å². The molecular weight excluding hydrogens is 322 g/mol. The van der Waals surface area contributed by atoms with Gasteiger partial charge in [0.05, 0.1) is 10.0 Å². The summed E-state index contributed by atoms with van der Waals surface area (Å²) >= 11 is 7.31. The second kappa shape index (κ2) is 6.02. The summed E-state index contributed by atoms with van der Waals surface area (Å²) in [6.07, 6.45) is 1.59. The first-order valence-corrected chi connectivity index (χ1v) is 7.90. The number of phenolic OH excluding ortho intramolecular Hbond substituents is 1. The lowest BCUT2D eigenvalue weighted by Crippen LogP contribution is -2.01. The van der Waals surface area contributed by atoms with Crippen molar-refractivity contribution in [3.8, 4) is 5.75 Å². The Labute approximate surface area is 135 Å². The van der Waals surface area contributed by atoms with Crippen LogP contribution in [0.3, 0.4) is 0 Å². The van der Waals surface area contributed by atoms with Gasteiger partial charge in [-0.05, 0) is 36.8 Å². The third-order valence-electron chi connectivity index (χ3n) is 3.29. The van der Waals surface area contributed by atoms with Gasteiger partial charge in [-0.3, -0.25) is 0 Å². The van der Waals surface area contributed by atoms with Crippen molar-refractivity contribution in [2.75, 3.05) is 0 Å². The molecule has 0 aliphatic carbocycles. The average Bonchev–Trinajstić information content (AvgIpc) is 2.50. The van der Waals surface area contributed by atoms with Crippen LogP contribution in [-0.2, 0) is 5.75 Å². The first kappa shape index (κ1) is 14.9. The molecule has 0 unspecified atom stereocenters. The predicted octanol–water partition coefficient (Wildman–Crippen LogP) is 4.15. The maximum Gasteiger partial charge on any atom is 0.336 e. The molecule has 0 spiro atoms. The van der Waals surface area contributed by atoms with Crippen LogP contribution in [-0.4, -0.2) is 10.1 Å². The molecule has 2 heterocycles. The van der Waals surface area contributed by atoms with E-state index in [-0.39, 0.29) is 5.75 Å². The Kier molecular flexibility index (Phi) is 4.09. The van der Waals surface area contributed by atoms with Crippen LogP contribution in [0.15, 0.2) is 50.8 Å². The van der Waals surface area contributed by atoms with Crippen molar-refractivity contribution in [2.24, 2.45) is 0 Å². The Balaban J connectivity index is 1.98. The SMILES string of the molecule is Cc1c(O)ccc2c(CSc3ccc(Cl)cn3)cc(=O)oc12. The Hall–Kier alpha value is -1.98. The minimum Gasteiger partial charge on any atom is -0.508 e. The Morgan fingerprint density at radius 3 is 2.86 bits per heavy atom. The monoisotopic (exact) mass is 333 g/mol. The van der Waals surface area contributed by atoms with Gasteiger partial charge in [-0.15, -0.1) is 11.8 Å². The number of aryl methyl sites for hydroxylation is 1. The largest absolute Gasteiger partial charge is 0.508 e. The zero-order chi connectivity index (χ0) is 15.7. The van der Waals surface area contributed by atoms with Crippen LogP contribution in [0.25, 0.3) is 11.0 Å². The minimum atomic E-state index is -0.430. The molecule has 0 saturated heterocycles. The maximum absolute atomic E-state index is 11.7. The van der Waals surface area contributed by atoms with Crippen molar-refractivity contribution < 1.29 is 9.52 Å². The zero-order valence-electron chi connectivity index (χ0n) is 11.7. The normalized spacial score (nSPS) is 11.0. The number of aromatic nitrogens is 1. The molecule has 2 aromatic heterocycles. The lowest BCUT2D eigenvalue weighted by atomic mass is 10.1. The van der Waals surface area contributed by atoms with E-state index in [0.717, 1.165) is 16.0 Å². The molecule has 1 N–H and O–H groups in total. The molecule has 22 heavy (non-hydrogen) atoms. The highest BCUT2D eigenvalue weighted by molar-refractivity contribution is 7.98. The molecule has 4 nitrogen and oxygen atoms in total. The van der Waals surface area contributed by atoms with Gasteiger partial charge in [0, 0.05) is 29.0 Å². The van der Waals surface area contributed by atoms with Crippen LogP contribution in [0.2, 0.25) is 5.02 Å². The first-order chi connectivity index (χ1) is 10.5. The number of phenols is 1. The lowest BCUT2D eigenvalue weighted by Gasteiger charge is -2.08. The summed E-state index contributed by atoms with van der Waals surface area (Å²) in [6, 6.07) is 8.44. The van der Waals surface area contributed by atoms with E-state index in [0.29, 0.717) is 21.9 Å². The second-order valence-electron chi connectivity index (χ2n) is 4.78. The van der Waals surface area contributed by atoms with Gasteiger partial charge in [0.2, 0.25) is 0 Å². The quantitative estimate of drug-likeness (QED) is 0.576. The molecule has 0 saturated carbocycles. The fourth-order valence-electron chi connectivity index (χ4n) is 2.13. The summed E-state index contributed by atoms with van der Waals surface area (Å²) in [5.74, 6) is 0.681. The van der Waals surface area contributed by atoms with Gasteiger partial charge in [0.15, 0.2) is 0 Å². The fourth-order valence-corrected chi connectivity index (χ4v) is 3.08. The Bertz CT molecular complexity index is 890. The molecule has 0 amide bonds. The number of hydrogen-bond donors (Lipinski definition) is 1. The highest BCUT2D eigenvalue weighted by Gasteiger charge is 2.11. The van der Waals surface area contributed by atoms with E-state index >= 15 is 0 Å². The van der Waals surface area contributed by atoms with E-state index in [1.54, 1.807) is 31.3 Å². The van der Waals surface area contributed by atoms with Gasteiger partial charge in [-0.25, -0.2) is 9.78 Å². The van der Waals surface area contributed by atoms with E-state index < -0.39 is 5.63 Å². The molecule has 1 aromatic carbocycles. The van der Waals surface area contributed by atoms with Gasteiger partial charge in [0.1, 0.15) is 11.3 Å². The van der Waals surface area contributed by atoms with Gasteiger partial charge in [-0.1, -0.05) is 11.6 Å². The summed E-state index contributed by atoms with van der Waals surface area (Å²) in [6.45, 7) is 1.72. The molecule has 112 valence electrons. The number of fused-ring (bicyclic) bond motifs is 1. The molecular formula is C16H12ClNO3S. The summed E-state index contributed by atoms with van der Waals surface area (Å²) in [5.41, 5.74) is 1.40. The van der Waals surface area contributed by atoms with Crippen molar-refractivity contribution >= 4 is 34.3 Å². The number of thioether (sulfide) groups is 1. The number of halogens is 1. The summed E-state index contributed by atoms with van der Waals surface area (Å²) in [5, 5.41) is 12.0. The smallest absolute Gasteiger partial charge is 0.336 e. The molecule has 0 aliphatic rings. The van der Waals surface area contributed by atoms with Crippen molar-refractivity contribution in [3.63, 3.8) is 0 Å². The molecule has 0 bridgehead atoms. The van der Waals surface area contributed by atoms with Crippen molar-refractivity contribution in [1.29, 1.82) is 0 Å². The number of aromatic hydroxyl groups is 1. The van der Waals surface area contributed by atoms with Gasteiger partial charge < -0.3 is 9.52 Å². The topological polar surface area (TPSA) is 63.3 Å². The predicted molar refractivity (Wildman–Crippen MR) is 87.7 cm³/mol. The van der Waals surface area contributed by atoms with Gasteiger partial charge in [-0.2, -0.15) is 0 Å². The van der Waals surface area contributed by atoms with Crippen LogP contribution >= 0.6 is 23.4 Å². The maximum atomic E-state index is 11.7. The second-order valence-corrected chi connectivity index (χ2v) is 6.21. The summed E-state index contributed by atoms with van der Waals surface area (Å²) < 4.78 is 5.22. The van der Waals surface area contributed by atoms with Crippen molar-refractivity contribution in [3.05, 3.63) is 63.1 Å². The third-order valence-corrected chi connectivity index (χ3v) is 4.51. The first-order valence-electron chi connectivity index (χ1n) is 6.54. The van der Waals surface area contributed by atoms with E-state index in [9.17, 15) is 9.90 Å². The highest BCUT2D eigenvalue weighted by atomic mass is 35.5. The average molecular weight is 334 g/mol. The zero-order valence-corrected chi connectivity index (χ0v) is 13.2. The minimum absolute atomic E-state index is 0.111. The van der Waals surface area contributed by atoms with E-state index in [1.165, 1.54) is 17.8 Å². The highest BCUT2D eigenvalue weighted by Crippen LogP contribution is 2.30. The molecule has 3 rings (SSSR count). The lowest BCUT2D eigenvalue weighted by molar-refractivity contribution is 0.468. The number of pyridine rings is 1. The van der Waals surface area contributed by atoms with Crippen LogP contribution in [0.4, 0.5) is 0 Å². The van der Waals surface area contributed by atoms with Crippen LogP contribution < -0.4 is 5.63 Å². The summed E-state index contributed by atoms with van der Waals surface area (Å²) in [4.78, 5) is 16.0. The van der Waals surface area contributed by atoms with E-state index in [1.807, 2.05) is 6.07 Å². The molecule has 0 atom stereocenters. The standard InChI is InChI=1S/C16H12ClNO3S/c1-9-13(19)4-3-12-10(6-15(20)21-16(9)12)8-22-14-5-2-11(17)7-18-14/h2-7,19H,8H2,1H3. The number of rotatable bonds is 3. The Morgan fingerprint density at radius 2 is 2.14 bits per heavy atom. The van der Waals surface area contributed by atoms with Crippen LogP contribution in [0, 0.1) is 6.92 Å².